The first-order valence-corrected chi connectivity index (χ1v) is 5.61. The Morgan fingerprint density at radius 3 is 2.54 bits per heavy atom. The van der Waals surface area contributed by atoms with Crippen LogP contribution in [0.15, 0.2) is 0 Å². The van der Waals surface area contributed by atoms with E-state index < -0.39 is 0 Å². The third-order valence-electron chi connectivity index (χ3n) is 3.09. The zero-order valence-electron chi connectivity index (χ0n) is 8.39. The van der Waals surface area contributed by atoms with Gasteiger partial charge in [-0.3, -0.25) is 0 Å². The third-order valence-corrected chi connectivity index (χ3v) is 3.09. The van der Waals surface area contributed by atoms with Gasteiger partial charge in [-0.25, -0.2) is 0 Å². The topological polar surface area (TPSA) is 27.3 Å². The summed E-state index contributed by atoms with van der Waals surface area (Å²) in [5, 5.41) is 6.84. The van der Waals surface area contributed by atoms with Crippen molar-refractivity contribution in [1.82, 2.24) is 15.5 Å². The summed E-state index contributed by atoms with van der Waals surface area (Å²) in [6.07, 6.45) is 4.26. The van der Waals surface area contributed by atoms with Crippen LogP contribution >= 0.6 is 0 Å². The maximum Gasteiger partial charge on any atom is 0.0318 e. The van der Waals surface area contributed by atoms with Crippen LogP contribution < -0.4 is 10.6 Å². The van der Waals surface area contributed by atoms with E-state index in [2.05, 4.69) is 15.5 Å². The van der Waals surface area contributed by atoms with Crippen molar-refractivity contribution in [2.75, 3.05) is 39.3 Å². The second kappa shape index (κ2) is 4.94. The second-order valence-corrected chi connectivity index (χ2v) is 4.21. The van der Waals surface area contributed by atoms with Crippen molar-refractivity contribution < 1.29 is 0 Å². The summed E-state index contributed by atoms with van der Waals surface area (Å²) < 4.78 is 0. The zero-order chi connectivity index (χ0) is 8.93. The van der Waals surface area contributed by atoms with Crippen molar-refractivity contribution in [2.45, 2.75) is 25.3 Å². The maximum absolute atomic E-state index is 3.56. The van der Waals surface area contributed by atoms with Gasteiger partial charge in [0.25, 0.3) is 0 Å². The highest BCUT2D eigenvalue weighted by atomic mass is 15.2. The van der Waals surface area contributed by atoms with Gasteiger partial charge >= 0.3 is 0 Å². The van der Waals surface area contributed by atoms with E-state index in [1.54, 1.807) is 0 Å². The minimum Gasteiger partial charge on any atom is -0.314 e. The molecule has 2 aliphatic heterocycles. The average Bonchev–Trinajstić information content (AvgIpc) is 2.11. The summed E-state index contributed by atoms with van der Waals surface area (Å²) in [4.78, 5) is 2.59. The Hall–Kier alpha value is -0.120. The van der Waals surface area contributed by atoms with Crippen molar-refractivity contribution in [3.8, 4) is 0 Å². The molecule has 0 aromatic heterocycles. The normalized spacial score (nSPS) is 25.8. The Morgan fingerprint density at radius 2 is 1.92 bits per heavy atom. The van der Waals surface area contributed by atoms with E-state index in [0.29, 0.717) is 0 Å². The van der Waals surface area contributed by atoms with Gasteiger partial charge in [-0.1, -0.05) is 6.42 Å². The lowest BCUT2D eigenvalue weighted by Crippen LogP contribution is -2.56. The fourth-order valence-electron chi connectivity index (χ4n) is 2.04. The molecule has 76 valence electrons. The molecule has 0 atom stereocenters. The Balaban J connectivity index is 1.50. The molecule has 0 amide bonds. The zero-order valence-corrected chi connectivity index (χ0v) is 8.39. The lowest BCUT2D eigenvalue weighted by Gasteiger charge is -2.31. The molecule has 2 N–H and O–H groups in total. The molecule has 2 aliphatic rings. The van der Waals surface area contributed by atoms with Gasteiger partial charge in [0.15, 0.2) is 0 Å². The summed E-state index contributed by atoms with van der Waals surface area (Å²) in [6, 6.07) is 0.754. The lowest BCUT2D eigenvalue weighted by molar-refractivity contribution is 0.221. The van der Waals surface area contributed by atoms with Crippen LogP contribution in [0.1, 0.15) is 19.3 Å². The smallest absolute Gasteiger partial charge is 0.0318 e. The fraction of sp³-hybridized carbons (Fsp3) is 1.00. The van der Waals surface area contributed by atoms with Crippen LogP contribution in [-0.4, -0.2) is 50.2 Å². The standard InChI is InChI=1S/C10H21N3/c1-2-5-13(6-3-1)7-4-12-10-8-11-9-10/h10-12H,1-9H2. The Morgan fingerprint density at radius 1 is 1.15 bits per heavy atom. The number of nitrogens with zero attached hydrogens (tertiary/aromatic N) is 1. The highest BCUT2D eigenvalue weighted by molar-refractivity contribution is 4.81. The third kappa shape index (κ3) is 2.93. The highest BCUT2D eigenvalue weighted by Crippen LogP contribution is 2.07. The summed E-state index contributed by atoms with van der Waals surface area (Å²) in [5.74, 6) is 0. The van der Waals surface area contributed by atoms with Crippen molar-refractivity contribution in [3.63, 3.8) is 0 Å². The van der Waals surface area contributed by atoms with E-state index in [1.165, 1.54) is 58.5 Å². The molecule has 2 heterocycles. The van der Waals surface area contributed by atoms with Crippen LogP contribution in [0.2, 0.25) is 0 Å². The first-order valence-electron chi connectivity index (χ1n) is 5.61. The number of likely N-dealkylation sites (tertiary alicyclic amines) is 1. The summed E-state index contributed by atoms with van der Waals surface area (Å²) in [7, 11) is 0. The first-order chi connectivity index (χ1) is 6.45. The van der Waals surface area contributed by atoms with Gasteiger partial charge in [0.2, 0.25) is 0 Å². The molecule has 2 fully saturated rings. The molecule has 3 nitrogen and oxygen atoms in total. The quantitative estimate of drug-likeness (QED) is 0.644. The highest BCUT2D eigenvalue weighted by Gasteiger charge is 2.16. The molecule has 0 spiro atoms. The van der Waals surface area contributed by atoms with Gasteiger partial charge in [0.1, 0.15) is 0 Å². The average molecular weight is 183 g/mol. The summed E-state index contributed by atoms with van der Waals surface area (Å²) in [6.45, 7) is 7.40. The van der Waals surface area contributed by atoms with Crippen LogP contribution in [0.5, 0.6) is 0 Å². The van der Waals surface area contributed by atoms with Gasteiger partial charge < -0.3 is 15.5 Å². The SMILES string of the molecule is C1CCN(CCNC2CNC2)CC1. The second-order valence-electron chi connectivity index (χ2n) is 4.21. The van der Waals surface area contributed by atoms with Crippen LogP contribution in [-0.2, 0) is 0 Å². The fourth-order valence-corrected chi connectivity index (χ4v) is 2.04. The number of piperidine rings is 1. The molecular formula is C10H21N3. The molecule has 2 rings (SSSR count). The molecule has 0 unspecified atom stereocenters. The number of rotatable bonds is 4. The van der Waals surface area contributed by atoms with E-state index in [9.17, 15) is 0 Å². The first kappa shape index (κ1) is 9.44. The van der Waals surface area contributed by atoms with Crippen LogP contribution in [0.4, 0.5) is 0 Å². The van der Waals surface area contributed by atoms with E-state index in [-0.39, 0.29) is 0 Å². The number of hydrogen-bond donors (Lipinski definition) is 2. The molecule has 0 aliphatic carbocycles. The summed E-state index contributed by atoms with van der Waals surface area (Å²) in [5.41, 5.74) is 0. The van der Waals surface area contributed by atoms with Crippen molar-refractivity contribution in [1.29, 1.82) is 0 Å². The molecular weight excluding hydrogens is 162 g/mol. The Labute approximate surface area is 80.9 Å². The minimum absolute atomic E-state index is 0.754. The minimum atomic E-state index is 0.754. The van der Waals surface area contributed by atoms with E-state index in [0.717, 1.165) is 6.04 Å². The van der Waals surface area contributed by atoms with Crippen LogP contribution in [0.25, 0.3) is 0 Å². The van der Waals surface area contributed by atoms with Gasteiger partial charge in [0, 0.05) is 32.2 Å². The molecule has 2 saturated heterocycles. The van der Waals surface area contributed by atoms with Crippen molar-refractivity contribution in [2.24, 2.45) is 0 Å². The molecule has 3 heteroatoms. The van der Waals surface area contributed by atoms with Crippen LogP contribution in [0, 0.1) is 0 Å². The molecule has 0 bridgehead atoms. The predicted octanol–water partition coefficient (Wildman–Crippen LogP) is 0.0337. The van der Waals surface area contributed by atoms with Gasteiger partial charge in [-0.2, -0.15) is 0 Å². The van der Waals surface area contributed by atoms with Gasteiger partial charge in [-0.05, 0) is 25.9 Å². The summed E-state index contributed by atoms with van der Waals surface area (Å²) >= 11 is 0. The lowest BCUT2D eigenvalue weighted by atomic mass is 10.1. The van der Waals surface area contributed by atoms with Gasteiger partial charge in [-0.15, -0.1) is 0 Å². The van der Waals surface area contributed by atoms with Crippen LogP contribution in [0.3, 0.4) is 0 Å². The maximum atomic E-state index is 3.56. The predicted molar refractivity (Wildman–Crippen MR) is 55.0 cm³/mol. The molecule has 0 aromatic rings. The van der Waals surface area contributed by atoms with E-state index in [1.807, 2.05) is 0 Å². The molecule has 0 saturated carbocycles. The molecule has 0 radical (unpaired) electrons. The van der Waals surface area contributed by atoms with Gasteiger partial charge in [0.05, 0.1) is 0 Å². The monoisotopic (exact) mass is 183 g/mol. The van der Waals surface area contributed by atoms with E-state index >= 15 is 0 Å². The Bertz CT molecular complexity index is 139. The van der Waals surface area contributed by atoms with Crippen molar-refractivity contribution in [3.05, 3.63) is 0 Å². The largest absolute Gasteiger partial charge is 0.314 e. The number of hydrogen-bond acceptors (Lipinski definition) is 3. The van der Waals surface area contributed by atoms with E-state index in [4.69, 9.17) is 0 Å². The Kier molecular flexibility index (Phi) is 3.58. The molecule has 0 aromatic carbocycles. The number of nitrogens with one attached hydrogen (secondary N) is 2. The van der Waals surface area contributed by atoms with Crippen molar-refractivity contribution >= 4 is 0 Å². The molecule has 13 heavy (non-hydrogen) atoms.